The van der Waals surface area contributed by atoms with E-state index in [1.54, 1.807) is 11.8 Å². The zero-order valence-electron chi connectivity index (χ0n) is 16.2. The maximum atomic E-state index is 12.9. The Morgan fingerprint density at radius 1 is 1.06 bits per heavy atom. The lowest BCUT2D eigenvalue weighted by atomic mass is 10.2. The molecule has 1 fully saturated rings. The number of hydrogen-bond acceptors (Lipinski definition) is 6. The van der Waals surface area contributed by atoms with Crippen LogP contribution in [-0.2, 0) is 12.7 Å². The van der Waals surface area contributed by atoms with Crippen LogP contribution in [0.25, 0.3) is 0 Å². The maximum Gasteiger partial charge on any atom is 0.435 e. The summed E-state index contributed by atoms with van der Waals surface area (Å²) in [5.41, 5.74) is -1.29. The molecule has 0 saturated carbocycles. The molecule has 3 rings (SSSR count). The summed E-state index contributed by atoms with van der Waals surface area (Å²) in [6.07, 6.45) is -8.10. The van der Waals surface area contributed by atoms with E-state index in [0.29, 0.717) is 5.82 Å². The zero-order chi connectivity index (χ0) is 22.8. The van der Waals surface area contributed by atoms with Crippen molar-refractivity contribution < 1.29 is 35.9 Å². The molecule has 2 aromatic heterocycles. The molecule has 31 heavy (non-hydrogen) atoms. The van der Waals surface area contributed by atoms with E-state index >= 15 is 0 Å². The average Bonchev–Trinajstić information content (AvgIpc) is 3.17. The Morgan fingerprint density at radius 2 is 1.74 bits per heavy atom. The molecule has 0 aliphatic carbocycles. The van der Waals surface area contributed by atoms with Crippen molar-refractivity contribution in [3.05, 3.63) is 29.8 Å². The average molecular weight is 452 g/mol. The van der Waals surface area contributed by atoms with Crippen molar-refractivity contribution in [3.8, 4) is 5.88 Å². The Kier molecular flexibility index (Phi) is 6.27. The molecule has 0 atom stereocenters. The van der Waals surface area contributed by atoms with E-state index in [-0.39, 0.29) is 44.3 Å². The van der Waals surface area contributed by atoms with E-state index in [1.807, 2.05) is 0 Å². The van der Waals surface area contributed by atoms with Gasteiger partial charge in [-0.1, -0.05) is 0 Å². The molecule has 1 amide bonds. The molecule has 1 aliphatic heterocycles. The highest BCUT2D eigenvalue weighted by Gasteiger charge is 2.36. The summed E-state index contributed by atoms with van der Waals surface area (Å²) in [7, 11) is 0. The number of amides is 1. The predicted octanol–water partition coefficient (Wildman–Crippen LogP) is 2.62. The summed E-state index contributed by atoms with van der Waals surface area (Å²) >= 11 is 0. The van der Waals surface area contributed by atoms with E-state index in [4.69, 9.17) is 0 Å². The Morgan fingerprint density at radius 3 is 2.32 bits per heavy atom. The van der Waals surface area contributed by atoms with Crippen molar-refractivity contribution in [2.24, 2.45) is 0 Å². The van der Waals surface area contributed by atoms with Gasteiger partial charge in [0.15, 0.2) is 12.3 Å². The van der Waals surface area contributed by atoms with Crippen LogP contribution < -0.4 is 9.64 Å². The van der Waals surface area contributed by atoms with Crippen molar-refractivity contribution in [1.82, 2.24) is 24.6 Å². The SMILES string of the molecule is CCn1nc(C(F)(F)F)cc1C(=O)N1CCN(c2cc(OCC(F)(F)F)ncn2)CC1. The molecule has 0 aromatic carbocycles. The van der Waals surface area contributed by atoms with E-state index in [0.717, 1.165) is 17.1 Å². The second kappa shape index (κ2) is 8.59. The monoisotopic (exact) mass is 452 g/mol. The molecule has 8 nitrogen and oxygen atoms in total. The quantitative estimate of drug-likeness (QED) is 0.650. The minimum atomic E-state index is -4.66. The topological polar surface area (TPSA) is 76.4 Å². The number of alkyl halides is 6. The summed E-state index contributed by atoms with van der Waals surface area (Å²) in [4.78, 5) is 23.5. The molecule has 1 saturated heterocycles. The van der Waals surface area contributed by atoms with Crippen molar-refractivity contribution in [1.29, 1.82) is 0 Å². The van der Waals surface area contributed by atoms with E-state index in [2.05, 4.69) is 19.8 Å². The molecule has 0 spiro atoms. The number of aryl methyl sites for hydroxylation is 1. The minimum Gasteiger partial charge on any atom is -0.468 e. The number of carbonyl (C=O) groups excluding carboxylic acids is 1. The first-order chi connectivity index (χ1) is 14.5. The van der Waals surface area contributed by atoms with Crippen molar-refractivity contribution >= 4 is 11.7 Å². The number of halogens is 6. The number of aromatic nitrogens is 4. The van der Waals surface area contributed by atoms with Gasteiger partial charge in [-0.2, -0.15) is 31.4 Å². The van der Waals surface area contributed by atoms with Crippen LogP contribution in [0.3, 0.4) is 0 Å². The highest BCUT2D eigenvalue weighted by Crippen LogP contribution is 2.29. The molecule has 0 bridgehead atoms. The van der Waals surface area contributed by atoms with Crippen LogP contribution in [0.4, 0.5) is 32.2 Å². The lowest BCUT2D eigenvalue weighted by molar-refractivity contribution is -0.154. The molecule has 170 valence electrons. The molecule has 0 radical (unpaired) electrons. The lowest BCUT2D eigenvalue weighted by Crippen LogP contribution is -2.49. The molecule has 0 unspecified atom stereocenters. The fraction of sp³-hybridized carbons (Fsp3) is 0.529. The Bertz CT molecular complexity index is 921. The van der Waals surface area contributed by atoms with Gasteiger partial charge in [-0.3, -0.25) is 9.48 Å². The van der Waals surface area contributed by atoms with Gasteiger partial charge >= 0.3 is 12.4 Å². The third-order valence-electron chi connectivity index (χ3n) is 4.49. The van der Waals surface area contributed by atoms with Crippen LogP contribution in [0.2, 0.25) is 0 Å². The van der Waals surface area contributed by atoms with Gasteiger partial charge < -0.3 is 14.5 Å². The van der Waals surface area contributed by atoms with Gasteiger partial charge in [0.25, 0.3) is 5.91 Å². The van der Waals surface area contributed by atoms with Gasteiger partial charge in [-0.15, -0.1) is 0 Å². The summed E-state index contributed by atoms with van der Waals surface area (Å²) in [5, 5.41) is 3.45. The molecule has 3 heterocycles. The first-order valence-corrected chi connectivity index (χ1v) is 9.19. The lowest BCUT2D eigenvalue weighted by Gasteiger charge is -2.35. The first-order valence-electron chi connectivity index (χ1n) is 9.19. The third kappa shape index (κ3) is 5.55. The highest BCUT2D eigenvalue weighted by molar-refractivity contribution is 5.93. The number of carbonyl (C=O) groups is 1. The summed E-state index contributed by atoms with van der Waals surface area (Å²) in [6, 6.07) is 1.98. The number of piperazine rings is 1. The fourth-order valence-corrected chi connectivity index (χ4v) is 3.01. The van der Waals surface area contributed by atoms with E-state index < -0.39 is 30.6 Å². The van der Waals surface area contributed by atoms with Crippen LogP contribution in [0.1, 0.15) is 23.1 Å². The van der Waals surface area contributed by atoms with Gasteiger partial charge in [0.2, 0.25) is 5.88 Å². The Hall–Kier alpha value is -3.06. The molecule has 14 heteroatoms. The number of anilines is 1. The van der Waals surface area contributed by atoms with Gasteiger partial charge in [-0.25, -0.2) is 9.97 Å². The smallest absolute Gasteiger partial charge is 0.435 e. The second-order valence-electron chi connectivity index (χ2n) is 6.63. The first kappa shape index (κ1) is 22.6. The third-order valence-corrected chi connectivity index (χ3v) is 4.49. The number of ether oxygens (including phenoxy) is 1. The summed E-state index contributed by atoms with van der Waals surface area (Å²) < 4.78 is 81.3. The summed E-state index contributed by atoms with van der Waals surface area (Å²) in [5.74, 6) is -0.508. The van der Waals surface area contributed by atoms with Crippen LogP contribution in [-0.4, -0.2) is 69.5 Å². The second-order valence-corrected chi connectivity index (χ2v) is 6.63. The van der Waals surface area contributed by atoms with E-state index in [1.165, 1.54) is 11.0 Å². The van der Waals surface area contributed by atoms with Crippen molar-refractivity contribution in [2.75, 3.05) is 37.7 Å². The number of nitrogens with zero attached hydrogens (tertiary/aromatic N) is 6. The summed E-state index contributed by atoms with van der Waals surface area (Å²) in [6.45, 7) is 1.09. The van der Waals surface area contributed by atoms with Gasteiger partial charge in [-0.05, 0) is 6.92 Å². The van der Waals surface area contributed by atoms with Crippen molar-refractivity contribution in [2.45, 2.75) is 25.8 Å². The highest BCUT2D eigenvalue weighted by atomic mass is 19.4. The predicted molar refractivity (Wildman–Crippen MR) is 94.6 cm³/mol. The maximum absolute atomic E-state index is 12.9. The van der Waals surface area contributed by atoms with Crippen LogP contribution >= 0.6 is 0 Å². The van der Waals surface area contributed by atoms with Crippen molar-refractivity contribution in [3.63, 3.8) is 0 Å². The zero-order valence-corrected chi connectivity index (χ0v) is 16.2. The van der Waals surface area contributed by atoms with Gasteiger partial charge in [0.05, 0.1) is 0 Å². The minimum absolute atomic E-state index is 0.0960. The van der Waals surface area contributed by atoms with Crippen LogP contribution in [0.5, 0.6) is 5.88 Å². The van der Waals surface area contributed by atoms with Crippen LogP contribution in [0, 0.1) is 0 Å². The molecule has 0 N–H and O–H groups in total. The van der Waals surface area contributed by atoms with Gasteiger partial charge in [0, 0.05) is 44.9 Å². The van der Waals surface area contributed by atoms with E-state index in [9.17, 15) is 31.1 Å². The molecule has 2 aromatic rings. The molecule has 1 aliphatic rings. The number of rotatable bonds is 5. The van der Waals surface area contributed by atoms with Crippen LogP contribution in [0.15, 0.2) is 18.5 Å². The normalized spacial score (nSPS) is 15.3. The van der Waals surface area contributed by atoms with Gasteiger partial charge in [0.1, 0.15) is 17.8 Å². The largest absolute Gasteiger partial charge is 0.468 e. The Labute approximate surface area is 172 Å². The number of hydrogen-bond donors (Lipinski definition) is 0. The molecular weight excluding hydrogens is 434 g/mol. The Balaban J connectivity index is 1.65. The molecular formula is C17H18F6N6O2. The standard InChI is InChI=1S/C17H18F6N6O2/c1-2-29-11(7-12(26-29)17(21,22)23)15(30)28-5-3-27(4-6-28)13-8-14(25-10-24-13)31-9-16(18,19)20/h7-8,10H,2-6,9H2,1H3. The fourth-order valence-electron chi connectivity index (χ4n) is 3.01.